The summed E-state index contributed by atoms with van der Waals surface area (Å²) in [6, 6.07) is 4.87. The molecule has 1 aromatic carbocycles. The second-order valence-corrected chi connectivity index (χ2v) is 7.11. The second-order valence-electron chi connectivity index (χ2n) is 6.67. The van der Waals surface area contributed by atoms with Crippen molar-refractivity contribution >= 4 is 11.6 Å². The van der Waals surface area contributed by atoms with Crippen LogP contribution in [0.15, 0.2) is 18.2 Å². The van der Waals surface area contributed by atoms with E-state index in [-0.39, 0.29) is 11.9 Å². The summed E-state index contributed by atoms with van der Waals surface area (Å²) in [4.78, 5) is 0. The molecule has 0 saturated heterocycles. The molecule has 3 aliphatic rings. The highest BCUT2D eigenvalue weighted by Crippen LogP contribution is 2.70. The molecule has 3 aliphatic carbocycles. The number of nitrogens with two attached hydrogens (primary N) is 1. The molecule has 0 aromatic heterocycles. The summed E-state index contributed by atoms with van der Waals surface area (Å²) in [6.07, 6.45) is 4.87. The number of hydrogen-bond acceptors (Lipinski definition) is 1. The maximum atomic E-state index is 13.8. The summed E-state index contributed by atoms with van der Waals surface area (Å²) in [5, 5.41) is 0.597. The Hall–Kier alpha value is -0.600. The smallest absolute Gasteiger partial charge is 0.126 e. The second kappa shape index (κ2) is 4.20. The molecule has 0 spiro atoms. The Kier molecular flexibility index (Phi) is 2.69. The molecule has 0 radical (unpaired) electrons. The molecule has 3 saturated carbocycles. The van der Waals surface area contributed by atoms with Crippen LogP contribution in [0.1, 0.15) is 24.8 Å². The van der Waals surface area contributed by atoms with Crippen LogP contribution in [-0.2, 0) is 6.42 Å². The average molecular weight is 280 g/mol. The Balaban J connectivity index is 1.48. The summed E-state index contributed by atoms with van der Waals surface area (Å²) in [5.74, 6) is 4.04. The Bertz CT molecular complexity index is 501. The summed E-state index contributed by atoms with van der Waals surface area (Å²) in [6.45, 7) is 0. The summed E-state index contributed by atoms with van der Waals surface area (Å²) in [7, 11) is 0. The van der Waals surface area contributed by atoms with Crippen LogP contribution in [0.25, 0.3) is 0 Å². The van der Waals surface area contributed by atoms with E-state index in [1.54, 1.807) is 12.1 Å². The Labute approximate surface area is 118 Å². The third kappa shape index (κ3) is 1.84. The van der Waals surface area contributed by atoms with Gasteiger partial charge in [0, 0.05) is 11.1 Å². The van der Waals surface area contributed by atoms with E-state index in [9.17, 15) is 4.39 Å². The number of benzene rings is 1. The van der Waals surface area contributed by atoms with Crippen molar-refractivity contribution in [2.45, 2.75) is 31.7 Å². The minimum Gasteiger partial charge on any atom is -0.327 e. The van der Waals surface area contributed by atoms with E-state index in [0.717, 1.165) is 23.7 Å². The molecular weight excluding hydrogens is 261 g/mol. The molecule has 0 heterocycles. The lowest BCUT2D eigenvalue weighted by atomic mass is 9.94. The van der Waals surface area contributed by atoms with Crippen molar-refractivity contribution in [3.63, 3.8) is 0 Å². The lowest BCUT2D eigenvalue weighted by Crippen LogP contribution is -2.29. The predicted molar refractivity (Wildman–Crippen MR) is 74.4 cm³/mol. The van der Waals surface area contributed by atoms with Crippen molar-refractivity contribution in [1.82, 2.24) is 0 Å². The van der Waals surface area contributed by atoms with Crippen molar-refractivity contribution in [3.8, 4) is 0 Å². The van der Waals surface area contributed by atoms with Crippen LogP contribution in [0.4, 0.5) is 4.39 Å². The van der Waals surface area contributed by atoms with Crippen molar-refractivity contribution in [2.75, 3.05) is 0 Å². The lowest BCUT2D eigenvalue weighted by molar-refractivity contribution is 0.407. The van der Waals surface area contributed by atoms with Crippen LogP contribution >= 0.6 is 11.6 Å². The highest BCUT2D eigenvalue weighted by atomic mass is 35.5. The molecule has 1 aromatic rings. The number of rotatable bonds is 3. The molecule has 0 aliphatic heterocycles. The van der Waals surface area contributed by atoms with E-state index in [1.807, 2.05) is 0 Å². The molecule has 3 heteroatoms. The minimum atomic E-state index is -0.173. The molecule has 2 bridgehead atoms. The Morgan fingerprint density at radius 3 is 2.63 bits per heavy atom. The van der Waals surface area contributed by atoms with Crippen molar-refractivity contribution in [3.05, 3.63) is 34.6 Å². The maximum absolute atomic E-state index is 13.8. The fourth-order valence-electron chi connectivity index (χ4n) is 5.05. The van der Waals surface area contributed by atoms with Gasteiger partial charge in [-0.25, -0.2) is 4.39 Å². The first-order valence-corrected chi connectivity index (χ1v) is 7.72. The number of halogens is 2. The van der Waals surface area contributed by atoms with Gasteiger partial charge in [-0.15, -0.1) is 0 Å². The Morgan fingerprint density at radius 1 is 1.26 bits per heavy atom. The van der Waals surface area contributed by atoms with Gasteiger partial charge in [0.15, 0.2) is 0 Å². The van der Waals surface area contributed by atoms with Crippen LogP contribution < -0.4 is 5.73 Å². The van der Waals surface area contributed by atoms with Crippen LogP contribution in [-0.4, -0.2) is 6.04 Å². The monoisotopic (exact) mass is 279 g/mol. The van der Waals surface area contributed by atoms with Crippen molar-refractivity contribution in [2.24, 2.45) is 35.3 Å². The molecule has 5 atom stereocenters. The fourth-order valence-corrected chi connectivity index (χ4v) is 5.25. The molecule has 0 amide bonds. The summed E-state index contributed by atoms with van der Waals surface area (Å²) >= 11 is 5.94. The van der Waals surface area contributed by atoms with Gasteiger partial charge in [-0.3, -0.25) is 0 Å². The standard InChI is InChI=1S/C16H19ClFN/c17-11-3-4-12(18)10(6-11)7-13(19)16-14-8-1-2-9(5-8)15(14)16/h3-4,6,8-9,13-16H,1-2,5,7,19H2. The minimum absolute atomic E-state index is 0.103. The van der Waals surface area contributed by atoms with Gasteiger partial charge >= 0.3 is 0 Å². The summed E-state index contributed by atoms with van der Waals surface area (Å²) in [5.41, 5.74) is 7.04. The van der Waals surface area contributed by atoms with Crippen LogP contribution in [0.5, 0.6) is 0 Å². The first-order chi connectivity index (χ1) is 9.15. The number of fused-ring (bicyclic) bond motifs is 5. The van der Waals surface area contributed by atoms with E-state index in [1.165, 1.54) is 25.3 Å². The van der Waals surface area contributed by atoms with E-state index < -0.39 is 0 Å². The van der Waals surface area contributed by atoms with Gasteiger partial charge in [0.2, 0.25) is 0 Å². The SMILES string of the molecule is NC(Cc1cc(Cl)ccc1F)C1C2C3CCC(C3)C12. The first kappa shape index (κ1) is 12.2. The van der Waals surface area contributed by atoms with Gasteiger partial charge in [0.1, 0.15) is 5.82 Å². The van der Waals surface area contributed by atoms with Gasteiger partial charge in [-0.1, -0.05) is 11.6 Å². The zero-order chi connectivity index (χ0) is 13.1. The van der Waals surface area contributed by atoms with Crippen LogP contribution in [0, 0.1) is 35.4 Å². The fraction of sp³-hybridized carbons (Fsp3) is 0.625. The molecular formula is C16H19ClFN. The first-order valence-electron chi connectivity index (χ1n) is 7.34. The molecule has 1 nitrogen and oxygen atoms in total. The molecule has 4 rings (SSSR count). The number of hydrogen-bond donors (Lipinski definition) is 1. The Morgan fingerprint density at radius 2 is 1.95 bits per heavy atom. The zero-order valence-electron chi connectivity index (χ0n) is 10.9. The summed E-state index contributed by atoms with van der Waals surface area (Å²) < 4.78 is 13.8. The third-order valence-corrected chi connectivity index (χ3v) is 5.99. The van der Waals surface area contributed by atoms with Crippen LogP contribution in [0.3, 0.4) is 0 Å². The van der Waals surface area contributed by atoms with Gasteiger partial charge in [0.25, 0.3) is 0 Å². The normalized spacial score (nSPS) is 40.3. The van der Waals surface area contributed by atoms with E-state index >= 15 is 0 Å². The zero-order valence-corrected chi connectivity index (χ0v) is 11.6. The van der Waals surface area contributed by atoms with E-state index in [2.05, 4.69) is 0 Å². The topological polar surface area (TPSA) is 26.0 Å². The van der Waals surface area contributed by atoms with Gasteiger partial charge in [-0.05, 0) is 79.0 Å². The maximum Gasteiger partial charge on any atom is 0.126 e. The van der Waals surface area contributed by atoms with E-state index in [4.69, 9.17) is 17.3 Å². The highest BCUT2D eigenvalue weighted by Gasteiger charge is 2.66. The van der Waals surface area contributed by atoms with Gasteiger partial charge in [0.05, 0.1) is 0 Å². The lowest BCUT2D eigenvalue weighted by Gasteiger charge is -2.16. The van der Waals surface area contributed by atoms with Crippen molar-refractivity contribution < 1.29 is 4.39 Å². The van der Waals surface area contributed by atoms with Gasteiger partial charge in [-0.2, -0.15) is 0 Å². The molecule has 2 N–H and O–H groups in total. The van der Waals surface area contributed by atoms with Crippen LogP contribution in [0.2, 0.25) is 5.02 Å². The van der Waals surface area contributed by atoms with E-state index in [0.29, 0.717) is 22.9 Å². The predicted octanol–water partition coefficient (Wildman–Crippen LogP) is 3.64. The van der Waals surface area contributed by atoms with Crippen molar-refractivity contribution in [1.29, 1.82) is 0 Å². The highest BCUT2D eigenvalue weighted by molar-refractivity contribution is 6.30. The third-order valence-electron chi connectivity index (χ3n) is 5.75. The van der Waals surface area contributed by atoms with Gasteiger partial charge < -0.3 is 5.73 Å². The molecule has 3 fully saturated rings. The molecule has 102 valence electrons. The average Bonchev–Trinajstić information content (AvgIpc) is 2.83. The quantitative estimate of drug-likeness (QED) is 0.898. The molecule has 19 heavy (non-hydrogen) atoms. The molecule has 5 unspecified atom stereocenters. The largest absolute Gasteiger partial charge is 0.327 e.